The third-order valence-electron chi connectivity index (χ3n) is 2.92. The van der Waals surface area contributed by atoms with E-state index in [1.54, 1.807) is 11.3 Å². The number of carbonyl (C=O) groups excluding carboxylic acids is 1. The van der Waals surface area contributed by atoms with Gasteiger partial charge in [-0.2, -0.15) is 0 Å². The fraction of sp³-hybridized carbons (Fsp3) is 0.643. The fourth-order valence-corrected chi connectivity index (χ4v) is 2.27. The van der Waals surface area contributed by atoms with E-state index < -0.39 is 0 Å². The number of hydrogen-bond acceptors (Lipinski definition) is 3. The molecule has 4 heteroatoms. The molecule has 1 atom stereocenters. The molecule has 1 heterocycles. The quantitative estimate of drug-likeness (QED) is 0.834. The predicted octanol–water partition coefficient (Wildman–Crippen LogP) is 2.59. The van der Waals surface area contributed by atoms with Crippen molar-refractivity contribution < 1.29 is 9.90 Å². The molecule has 1 rings (SSSR count). The fourth-order valence-electron chi connectivity index (χ4n) is 1.56. The van der Waals surface area contributed by atoms with Crippen molar-refractivity contribution in [3.63, 3.8) is 0 Å². The lowest BCUT2D eigenvalue weighted by molar-refractivity contribution is -0.121. The molecule has 0 bridgehead atoms. The molecule has 0 aliphatic rings. The van der Waals surface area contributed by atoms with E-state index in [9.17, 15) is 9.90 Å². The molecule has 0 radical (unpaired) electrons. The van der Waals surface area contributed by atoms with Crippen molar-refractivity contribution in [2.24, 2.45) is 5.41 Å². The van der Waals surface area contributed by atoms with Crippen molar-refractivity contribution in [2.45, 2.75) is 46.1 Å². The lowest BCUT2D eigenvalue weighted by atomic mass is 9.87. The number of carbonyl (C=O) groups is 1. The minimum atomic E-state index is -0.380. The average Bonchev–Trinajstić information content (AvgIpc) is 2.77. The van der Waals surface area contributed by atoms with Gasteiger partial charge in [0.25, 0.3) is 0 Å². The van der Waals surface area contributed by atoms with Gasteiger partial charge in [0.2, 0.25) is 5.91 Å². The van der Waals surface area contributed by atoms with Crippen LogP contribution in [0.5, 0.6) is 0 Å². The van der Waals surface area contributed by atoms with E-state index in [1.165, 1.54) is 4.88 Å². The van der Waals surface area contributed by atoms with E-state index in [0.29, 0.717) is 19.4 Å². The zero-order chi connectivity index (χ0) is 13.6. The molecular weight excluding hydrogens is 246 g/mol. The van der Waals surface area contributed by atoms with E-state index in [2.05, 4.69) is 5.32 Å². The maximum absolute atomic E-state index is 11.6. The van der Waals surface area contributed by atoms with Crippen LogP contribution in [0.3, 0.4) is 0 Å². The van der Waals surface area contributed by atoms with Crippen LogP contribution in [0.25, 0.3) is 0 Å². The van der Waals surface area contributed by atoms with E-state index in [-0.39, 0.29) is 17.4 Å². The van der Waals surface area contributed by atoms with Crippen molar-refractivity contribution in [1.29, 1.82) is 0 Å². The molecule has 0 saturated carbocycles. The molecule has 0 aliphatic carbocycles. The Balaban J connectivity index is 2.14. The van der Waals surface area contributed by atoms with Crippen molar-refractivity contribution in [2.75, 3.05) is 6.54 Å². The summed E-state index contributed by atoms with van der Waals surface area (Å²) in [6.07, 6.45) is 1.54. The van der Waals surface area contributed by atoms with Gasteiger partial charge in [-0.3, -0.25) is 4.79 Å². The second-order valence-electron chi connectivity index (χ2n) is 5.60. The highest BCUT2D eigenvalue weighted by Gasteiger charge is 2.21. The zero-order valence-corrected chi connectivity index (χ0v) is 12.2. The van der Waals surface area contributed by atoms with Crippen LogP contribution in [0, 0.1) is 5.41 Å². The van der Waals surface area contributed by atoms with Crippen LogP contribution >= 0.6 is 11.3 Å². The predicted molar refractivity (Wildman–Crippen MR) is 75.7 cm³/mol. The monoisotopic (exact) mass is 269 g/mol. The van der Waals surface area contributed by atoms with Crippen LogP contribution in [0.2, 0.25) is 0 Å². The Bertz CT molecular complexity index is 354. The molecule has 0 aliphatic heterocycles. The van der Waals surface area contributed by atoms with Gasteiger partial charge >= 0.3 is 0 Å². The maximum Gasteiger partial charge on any atom is 0.220 e. The summed E-state index contributed by atoms with van der Waals surface area (Å²) in [5, 5.41) is 14.7. The minimum absolute atomic E-state index is 0.0597. The van der Waals surface area contributed by atoms with Crippen LogP contribution in [0.15, 0.2) is 17.5 Å². The van der Waals surface area contributed by atoms with Crippen molar-refractivity contribution >= 4 is 17.2 Å². The topological polar surface area (TPSA) is 49.3 Å². The van der Waals surface area contributed by atoms with Crippen LogP contribution in [-0.2, 0) is 11.2 Å². The molecule has 1 aromatic rings. The normalized spacial score (nSPS) is 13.3. The molecule has 0 spiro atoms. The van der Waals surface area contributed by atoms with Crippen LogP contribution in [0.4, 0.5) is 0 Å². The molecule has 1 unspecified atom stereocenters. The van der Waals surface area contributed by atoms with Gasteiger partial charge in [0.1, 0.15) is 0 Å². The average molecular weight is 269 g/mol. The SMILES string of the molecule is CC(C)(C)C(O)CCNC(=O)CCc1cccs1. The number of rotatable bonds is 6. The van der Waals surface area contributed by atoms with Gasteiger partial charge in [-0.1, -0.05) is 26.8 Å². The molecule has 1 amide bonds. The Hall–Kier alpha value is -0.870. The van der Waals surface area contributed by atoms with Gasteiger partial charge in [-0.25, -0.2) is 0 Å². The minimum Gasteiger partial charge on any atom is -0.393 e. The second kappa shape index (κ2) is 6.90. The van der Waals surface area contributed by atoms with Crippen LogP contribution in [-0.4, -0.2) is 23.7 Å². The molecule has 3 nitrogen and oxygen atoms in total. The second-order valence-corrected chi connectivity index (χ2v) is 6.63. The number of aliphatic hydroxyl groups excluding tert-OH is 1. The standard InChI is InChI=1S/C14H23NO2S/c1-14(2,3)12(16)8-9-15-13(17)7-6-11-5-4-10-18-11/h4-5,10,12,16H,6-9H2,1-3H3,(H,15,17). The van der Waals surface area contributed by atoms with Crippen molar-refractivity contribution in [1.82, 2.24) is 5.32 Å². The van der Waals surface area contributed by atoms with Crippen molar-refractivity contribution in [3.8, 4) is 0 Å². The molecule has 18 heavy (non-hydrogen) atoms. The Labute approximate surface area is 113 Å². The summed E-state index contributed by atoms with van der Waals surface area (Å²) in [7, 11) is 0. The van der Waals surface area contributed by atoms with Crippen LogP contribution in [0.1, 0.15) is 38.5 Å². The lowest BCUT2D eigenvalue weighted by Crippen LogP contribution is -2.32. The molecule has 102 valence electrons. The van der Waals surface area contributed by atoms with Gasteiger partial charge in [0.05, 0.1) is 6.10 Å². The Morgan fingerprint density at radius 1 is 1.50 bits per heavy atom. The smallest absolute Gasteiger partial charge is 0.220 e. The summed E-state index contributed by atoms with van der Waals surface area (Å²) in [6, 6.07) is 4.04. The van der Waals surface area contributed by atoms with Gasteiger partial charge in [0.15, 0.2) is 0 Å². The van der Waals surface area contributed by atoms with E-state index in [4.69, 9.17) is 0 Å². The summed E-state index contributed by atoms with van der Waals surface area (Å²) in [5.41, 5.74) is -0.123. The first-order chi connectivity index (χ1) is 8.39. The number of thiophene rings is 1. The Kier molecular flexibility index (Phi) is 5.82. The largest absolute Gasteiger partial charge is 0.393 e. The zero-order valence-electron chi connectivity index (χ0n) is 11.4. The summed E-state index contributed by atoms with van der Waals surface area (Å²) in [4.78, 5) is 12.8. The summed E-state index contributed by atoms with van der Waals surface area (Å²) >= 11 is 1.68. The number of aliphatic hydroxyl groups is 1. The number of hydrogen-bond donors (Lipinski definition) is 2. The Morgan fingerprint density at radius 2 is 2.22 bits per heavy atom. The highest BCUT2D eigenvalue weighted by Crippen LogP contribution is 2.20. The highest BCUT2D eigenvalue weighted by molar-refractivity contribution is 7.09. The summed E-state index contributed by atoms with van der Waals surface area (Å²) in [6.45, 7) is 6.53. The van der Waals surface area contributed by atoms with E-state index in [0.717, 1.165) is 6.42 Å². The number of amides is 1. The highest BCUT2D eigenvalue weighted by atomic mass is 32.1. The first-order valence-electron chi connectivity index (χ1n) is 6.37. The third-order valence-corrected chi connectivity index (χ3v) is 3.85. The first-order valence-corrected chi connectivity index (χ1v) is 7.24. The Morgan fingerprint density at radius 3 is 2.78 bits per heavy atom. The van der Waals surface area contributed by atoms with Crippen molar-refractivity contribution in [3.05, 3.63) is 22.4 Å². The van der Waals surface area contributed by atoms with Gasteiger partial charge in [-0.15, -0.1) is 11.3 Å². The molecule has 2 N–H and O–H groups in total. The summed E-state index contributed by atoms with van der Waals surface area (Å²) < 4.78 is 0. The van der Waals surface area contributed by atoms with Gasteiger partial charge < -0.3 is 10.4 Å². The molecule has 0 aromatic carbocycles. The lowest BCUT2D eigenvalue weighted by Gasteiger charge is -2.25. The molecule has 0 fully saturated rings. The van der Waals surface area contributed by atoms with E-state index in [1.807, 2.05) is 38.3 Å². The van der Waals surface area contributed by atoms with Gasteiger partial charge in [-0.05, 0) is 29.7 Å². The number of nitrogens with one attached hydrogen (secondary N) is 1. The summed E-state index contributed by atoms with van der Waals surface area (Å²) in [5.74, 6) is 0.0597. The maximum atomic E-state index is 11.6. The number of aryl methyl sites for hydroxylation is 1. The molecule has 0 saturated heterocycles. The molecular formula is C14H23NO2S. The van der Waals surface area contributed by atoms with E-state index >= 15 is 0 Å². The third kappa shape index (κ3) is 5.65. The molecule has 1 aromatic heterocycles. The first kappa shape index (κ1) is 15.2. The van der Waals surface area contributed by atoms with Crippen LogP contribution < -0.4 is 5.32 Å². The van der Waals surface area contributed by atoms with Gasteiger partial charge in [0, 0.05) is 17.8 Å².